The molecule has 178 valence electrons. The van der Waals surface area contributed by atoms with E-state index in [0.717, 1.165) is 32.7 Å². The minimum absolute atomic E-state index is 0.114. The van der Waals surface area contributed by atoms with Gasteiger partial charge in [0.15, 0.2) is 0 Å². The molecule has 0 atom stereocenters. The molecule has 3 aromatic rings. The van der Waals surface area contributed by atoms with Crippen LogP contribution < -0.4 is 10.1 Å². The second-order valence-corrected chi connectivity index (χ2v) is 11.6. The monoisotopic (exact) mass is 498 g/mol. The standard InChI is InChI=1S/C24H26N4O4S2/c1-16(2)32-20-5-3-17(4-6-20)10-25-24(29)27-11-18-13-28(14-19(18)12-27)34(30,31)21-7-8-22-23(9-21)33-15-26-22/h3-9,15-16H,10-14H2,1-2H3,(H,25,29). The van der Waals surface area contributed by atoms with Gasteiger partial charge in [-0.25, -0.2) is 18.2 Å². The summed E-state index contributed by atoms with van der Waals surface area (Å²) in [6, 6.07) is 12.6. The van der Waals surface area contributed by atoms with Crippen LogP contribution in [0.3, 0.4) is 0 Å². The SMILES string of the molecule is CC(C)Oc1ccc(CNC(=O)N2CC3=C(C2)CN(S(=O)(=O)c2ccc4ncsc4c2)C3)cc1. The highest BCUT2D eigenvalue weighted by Gasteiger charge is 2.37. The Balaban J connectivity index is 1.15. The number of benzene rings is 2. The van der Waals surface area contributed by atoms with Crippen molar-refractivity contribution < 1.29 is 17.9 Å². The molecule has 2 aliphatic rings. The predicted octanol–water partition coefficient (Wildman–Crippen LogP) is 3.61. The highest BCUT2D eigenvalue weighted by molar-refractivity contribution is 7.89. The number of nitrogens with one attached hydrogen (secondary N) is 1. The summed E-state index contributed by atoms with van der Waals surface area (Å²) >= 11 is 1.42. The molecule has 0 aliphatic carbocycles. The maximum atomic E-state index is 13.2. The molecular formula is C24H26N4O4S2. The molecule has 0 bridgehead atoms. The molecule has 2 aliphatic heterocycles. The molecule has 34 heavy (non-hydrogen) atoms. The zero-order valence-electron chi connectivity index (χ0n) is 19.0. The fourth-order valence-electron chi connectivity index (χ4n) is 4.25. The first-order valence-electron chi connectivity index (χ1n) is 11.1. The lowest BCUT2D eigenvalue weighted by molar-refractivity contribution is 0.208. The number of rotatable bonds is 6. The Morgan fingerprint density at radius 1 is 1.09 bits per heavy atom. The first-order valence-corrected chi connectivity index (χ1v) is 13.4. The molecule has 0 radical (unpaired) electrons. The summed E-state index contributed by atoms with van der Waals surface area (Å²) in [5.41, 5.74) is 5.51. The molecule has 8 nitrogen and oxygen atoms in total. The van der Waals surface area contributed by atoms with Gasteiger partial charge in [-0.05, 0) is 60.9 Å². The van der Waals surface area contributed by atoms with Crippen LogP contribution in [0.15, 0.2) is 64.0 Å². The maximum absolute atomic E-state index is 13.2. The Bertz CT molecular complexity index is 1350. The number of fused-ring (bicyclic) bond motifs is 1. The average molecular weight is 499 g/mol. The summed E-state index contributed by atoms with van der Waals surface area (Å²) in [5.74, 6) is 0.803. The van der Waals surface area contributed by atoms with Gasteiger partial charge in [-0.1, -0.05) is 12.1 Å². The quantitative estimate of drug-likeness (QED) is 0.524. The second kappa shape index (κ2) is 9.01. The van der Waals surface area contributed by atoms with Crippen LogP contribution in [0.2, 0.25) is 0 Å². The first-order chi connectivity index (χ1) is 16.3. The number of hydrogen-bond donors (Lipinski definition) is 1. The first kappa shape index (κ1) is 22.8. The van der Waals surface area contributed by atoms with Gasteiger partial charge in [0.25, 0.3) is 0 Å². The molecule has 0 saturated heterocycles. The van der Waals surface area contributed by atoms with Crippen LogP contribution in [0, 0.1) is 0 Å². The van der Waals surface area contributed by atoms with Crippen molar-refractivity contribution in [3.05, 3.63) is 64.7 Å². The Morgan fingerprint density at radius 2 is 1.79 bits per heavy atom. The minimum atomic E-state index is -3.60. The number of aromatic nitrogens is 1. The summed E-state index contributed by atoms with van der Waals surface area (Å²) in [6.45, 7) is 5.91. The van der Waals surface area contributed by atoms with Crippen molar-refractivity contribution in [2.45, 2.75) is 31.4 Å². The van der Waals surface area contributed by atoms with Gasteiger partial charge >= 0.3 is 6.03 Å². The molecule has 0 unspecified atom stereocenters. The number of amides is 2. The molecule has 1 aromatic heterocycles. The summed E-state index contributed by atoms with van der Waals surface area (Å²) in [5, 5.41) is 2.96. The summed E-state index contributed by atoms with van der Waals surface area (Å²) in [7, 11) is -3.60. The van der Waals surface area contributed by atoms with Gasteiger partial charge in [-0.15, -0.1) is 11.3 Å². The van der Waals surface area contributed by atoms with Crippen LogP contribution in [0.5, 0.6) is 5.75 Å². The van der Waals surface area contributed by atoms with E-state index in [2.05, 4.69) is 10.3 Å². The Labute approximate surface area is 202 Å². The van der Waals surface area contributed by atoms with Crippen molar-refractivity contribution in [1.29, 1.82) is 0 Å². The highest BCUT2D eigenvalue weighted by atomic mass is 32.2. The van der Waals surface area contributed by atoms with E-state index < -0.39 is 10.0 Å². The van der Waals surface area contributed by atoms with Crippen molar-refractivity contribution in [1.82, 2.24) is 19.5 Å². The van der Waals surface area contributed by atoms with E-state index in [4.69, 9.17) is 4.74 Å². The molecule has 0 saturated carbocycles. The molecule has 3 heterocycles. The summed E-state index contributed by atoms with van der Waals surface area (Å²) in [4.78, 5) is 18.9. The van der Waals surface area contributed by atoms with Gasteiger partial charge in [-0.2, -0.15) is 4.31 Å². The van der Waals surface area contributed by atoms with E-state index in [1.165, 1.54) is 15.6 Å². The number of urea groups is 1. The third-order valence-electron chi connectivity index (χ3n) is 5.96. The summed E-state index contributed by atoms with van der Waals surface area (Å²) in [6.07, 6.45) is 0.114. The Kier molecular flexibility index (Phi) is 6.05. The normalized spacial score (nSPS) is 16.5. The van der Waals surface area contributed by atoms with E-state index >= 15 is 0 Å². The van der Waals surface area contributed by atoms with E-state index in [-0.39, 0.29) is 17.0 Å². The molecule has 5 rings (SSSR count). The van der Waals surface area contributed by atoms with Crippen LogP contribution in [-0.2, 0) is 16.6 Å². The third kappa shape index (κ3) is 4.53. The lowest BCUT2D eigenvalue weighted by Crippen LogP contribution is -2.41. The molecule has 1 N–H and O–H groups in total. The lowest BCUT2D eigenvalue weighted by Gasteiger charge is -2.23. The summed E-state index contributed by atoms with van der Waals surface area (Å²) < 4.78 is 34.3. The molecule has 2 aromatic carbocycles. The van der Waals surface area contributed by atoms with Crippen molar-refractivity contribution in [3.8, 4) is 5.75 Å². The number of thiazole rings is 1. The van der Waals surface area contributed by atoms with E-state index in [9.17, 15) is 13.2 Å². The van der Waals surface area contributed by atoms with Gasteiger partial charge < -0.3 is 15.0 Å². The van der Waals surface area contributed by atoms with Crippen molar-refractivity contribution in [2.24, 2.45) is 0 Å². The second-order valence-electron chi connectivity index (χ2n) is 8.79. The number of nitrogens with zero attached hydrogens (tertiary/aromatic N) is 3. The van der Waals surface area contributed by atoms with Crippen molar-refractivity contribution in [3.63, 3.8) is 0 Å². The number of carbonyl (C=O) groups is 1. The van der Waals surface area contributed by atoms with Crippen molar-refractivity contribution in [2.75, 3.05) is 26.2 Å². The van der Waals surface area contributed by atoms with Crippen LogP contribution >= 0.6 is 11.3 Å². The topological polar surface area (TPSA) is 91.8 Å². The Hall–Kier alpha value is -2.95. The maximum Gasteiger partial charge on any atom is 0.318 e. The van der Waals surface area contributed by atoms with E-state index in [1.807, 2.05) is 38.1 Å². The molecule has 0 spiro atoms. The average Bonchev–Trinajstić information content (AvgIpc) is 3.52. The number of ether oxygens (including phenoxy) is 1. The van der Waals surface area contributed by atoms with Crippen LogP contribution in [0.25, 0.3) is 10.2 Å². The molecular weight excluding hydrogens is 472 g/mol. The van der Waals surface area contributed by atoms with Gasteiger partial charge in [0.2, 0.25) is 10.0 Å². The Morgan fingerprint density at radius 3 is 2.47 bits per heavy atom. The zero-order chi connectivity index (χ0) is 23.9. The highest BCUT2D eigenvalue weighted by Crippen LogP contribution is 2.31. The number of sulfonamides is 1. The predicted molar refractivity (Wildman–Crippen MR) is 131 cm³/mol. The third-order valence-corrected chi connectivity index (χ3v) is 8.54. The van der Waals surface area contributed by atoms with Crippen LogP contribution in [0.1, 0.15) is 19.4 Å². The van der Waals surface area contributed by atoms with Crippen LogP contribution in [0.4, 0.5) is 4.79 Å². The van der Waals surface area contributed by atoms with Crippen molar-refractivity contribution >= 4 is 37.6 Å². The van der Waals surface area contributed by atoms with E-state index in [1.54, 1.807) is 28.6 Å². The smallest absolute Gasteiger partial charge is 0.318 e. The fraction of sp³-hybridized carbons (Fsp3) is 0.333. The van der Waals surface area contributed by atoms with E-state index in [0.29, 0.717) is 32.7 Å². The number of hydrogen-bond acceptors (Lipinski definition) is 6. The van der Waals surface area contributed by atoms with Gasteiger partial charge in [0.05, 0.1) is 26.7 Å². The van der Waals surface area contributed by atoms with Gasteiger partial charge in [0.1, 0.15) is 5.75 Å². The van der Waals surface area contributed by atoms with Gasteiger partial charge in [-0.3, -0.25) is 0 Å². The largest absolute Gasteiger partial charge is 0.491 e. The molecule has 2 amide bonds. The van der Waals surface area contributed by atoms with Crippen LogP contribution in [-0.4, -0.2) is 60.9 Å². The molecule has 10 heteroatoms. The lowest BCUT2D eigenvalue weighted by atomic mass is 10.2. The number of carbonyl (C=O) groups excluding carboxylic acids is 1. The zero-order valence-corrected chi connectivity index (χ0v) is 20.7. The fourth-order valence-corrected chi connectivity index (χ4v) is 6.50. The molecule has 0 fully saturated rings. The van der Waals surface area contributed by atoms with Gasteiger partial charge in [0, 0.05) is 32.7 Å². The minimum Gasteiger partial charge on any atom is -0.491 e.